The van der Waals surface area contributed by atoms with Gasteiger partial charge in [-0.05, 0) is 0 Å². The summed E-state index contributed by atoms with van der Waals surface area (Å²) < 4.78 is 41.4. The van der Waals surface area contributed by atoms with Gasteiger partial charge in [0.25, 0.3) is 0 Å². The van der Waals surface area contributed by atoms with Gasteiger partial charge in [-0.2, -0.15) is 18.3 Å². The van der Waals surface area contributed by atoms with Crippen molar-refractivity contribution in [2.45, 2.75) is 6.18 Å². The molecule has 0 radical (unpaired) electrons. The molecule has 1 aromatic rings. The summed E-state index contributed by atoms with van der Waals surface area (Å²) in [5, 5.41) is 5.09. The molecule has 0 fully saturated rings. The maximum Gasteiger partial charge on any atom is 0.471 e. The Labute approximate surface area is 93.3 Å². The van der Waals surface area contributed by atoms with Gasteiger partial charge in [0.1, 0.15) is 0 Å². The van der Waals surface area contributed by atoms with Crippen molar-refractivity contribution in [1.82, 2.24) is 9.78 Å². The summed E-state index contributed by atoms with van der Waals surface area (Å²) in [5.74, 6) is -3.09. The van der Waals surface area contributed by atoms with Gasteiger partial charge in [0.2, 0.25) is 0 Å². The van der Waals surface area contributed by atoms with Crippen LogP contribution in [-0.4, -0.2) is 34.9 Å². The number of esters is 1. The second-order valence-corrected chi connectivity index (χ2v) is 2.97. The lowest BCUT2D eigenvalue weighted by Gasteiger charge is -2.07. The highest BCUT2D eigenvalue weighted by atomic mass is 19.4. The summed E-state index contributed by atoms with van der Waals surface area (Å²) in [6, 6.07) is 0. The molecule has 0 unspecified atom stereocenters. The van der Waals surface area contributed by atoms with Crippen molar-refractivity contribution in [3.63, 3.8) is 0 Å². The Morgan fingerprint density at radius 2 is 2.06 bits per heavy atom. The molecular weight excluding hydrogens is 243 g/mol. The predicted octanol–water partition coefficient (Wildman–Crippen LogP) is 0.707. The van der Waals surface area contributed by atoms with Crippen molar-refractivity contribution in [2.24, 2.45) is 7.05 Å². The van der Waals surface area contributed by atoms with Gasteiger partial charge in [-0.1, -0.05) is 0 Å². The average molecular weight is 251 g/mol. The first kappa shape index (κ1) is 13.0. The van der Waals surface area contributed by atoms with E-state index in [1.807, 2.05) is 0 Å². The molecule has 1 heterocycles. The third-order valence-corrected chi connectivity index (χ3v) is 1.82. The molecule has 0 saturated heterocycles. The van der Waals surface area contributed by atoms with E-state index in [1.54, 1.807) is 0 Å². The highest BCUT2D eigenvalue weighted by Crippen LogP contribution is 2.20. The topological polar surface area (TPSA) is 73.2 Å². The maximum absolute atomic E-state index is 12.0. The van der Waals surface area contributed by atoms with Crippen LogP contribution in [0.2, 0.25) is 0 Å². The molecule has 0 aromatic carbocycles. The van der Waals surface area contributed by atoms with Crippen LogP contribution >= 0.6 is 0 Å². The van der Waals surface area contributed by atoms with Crippen LogP contribution in [0.25, 0.3) is 0 Å². The highest BCUT2D eigenvalue weighted by Gasteiger charge is 2.39. The van der Waals surface area contributed by atoms with Crippen LogP contribution in [0.4, 0.5) is 18.9 Å². The average Bonchev–Trinajstić information content (AvgIpc) is 2.57. The maximum atomic E-state index is 12.0. The lowest BCUT2D eigenvalue weighted by Crippen LogP contribution is -2.30. The summed E-state index contributed by atoms with van der Waals surface area (Å²) in [6.07, 6.45) is -4.11. The molecule has 0 aliphatic carbocycles. The largest absolute Gasteiger partial charge is 0.471 e. The van der Waals surface area contributed by atoms with Crippen LogP contribution in [0.3, 0.4) is 0 Å². The van der Waals surface area contributed by atoms with E-state index >= 15 is 0 Å². The van der Waals surface area contributed by atoms with E-state index in [-0.39, 0.29) is 11.4 Å². The molecule has 1 aromatic heterocycles. The fourth-order valence-corrected chi connectivity index (χ4v) is 1.06. The Hall–Kier alpha value is -2.06. The van der Waals surface area contributed by atoms with Crippen LogP contribution in [0, 0.1) is 0 Å². The first-order chi connectivity index (χ1) is 7.77. The predicted molar refractivity (Wildman–Crippen MR) is 49.2 cm³/mol. The van der Waals surface area contributed by atoms with Gasteiger partial charge >= 0.3 is 18.1 Å². The number of carbonyl (C=O) groups is 2. The fraction of sp³-hybridized carbons (Fsp3) is 0.375. The lowest BCUT2D eigenvalue weighted by molar-refractivity contribution is -0.167. The van der Waals surface area contributed by atoms with Crippen LogP contribution in [-0.2, 0) is 16.6 Å². The second kappa shape index (κ2) is 4.44. The van der Waals surface area contributed by atoms with Crippen LogP contribution in [0.5, 0.6) is 0 Å². The molecule has 94 valence electrons. The zero-order valence-corrected chi connectivity index (χ0v) is 8.83. The number of carbonyl (C=O) groups excluding carboxylic acids is 2. The van der Waals surface area contributed by atoms with Crippen LogP contribution in [0.15, 0.2) is 6.20 Å². The minimum Gasteiger partial charge on any atom is -0.464 e. The molecule has 0 saturated carbocycles. The van der Waals surface area contributed by atoms with Gasteiger partial charge in [0.15, 0.2) is 5.69 Å². The Bertz CT molecular complexity index is 453. The first-order valence-corrected chi connectivity index (χ1v) is 4.26. The molecule has 1 N–H and O–H groups in total. The standard InChI is InChI=1S/C8H8F3N3O3/c1-14-5(6(15)17-2)4(3-12-14)13-7(16)8(9,10)11/h3H,1-2H3,(H,13,16). The molecule has 0 atom stereocenters. The number of nitrogens with one attached hydrogen (secondary N) is 1. The van der Waals surface area contributed by atoms with Gasteiger partial charge in [-0.15, -0.1) is 0 Å². The van der Waals surface area contributed by atoms with E-state index in [0.29, 0.717) is 0 Å². The van der Waals surface area contributed by atoms with Crippen molar-refractivity contribution in [2.75, 3.05) is 12.4 Å². The lowest BCUT2D eigenvalue weighted by atomic mass is 10.3. The van der Waals surface area contributed by atoms with E-state index in [4.69, 9.17) is 0 Å². The third kappa shape index (κ3) is 2.74. The molecule has 0 spiro atoms. The van der Waals surface area contributed by atoms with Gasteiger partial charge < -0.3 is 10.1 Å². The van der Waals surface area contributed by atoms with Crippen molar-refractivity contribution in [1.29, 1.82) is 0 Å². The van der Waals surface area contributed by atoms with E-state index in [0.717, 1.165) is 18.0 Å². The van der Waals surface area contributed by atoms with Crippen LogP contribution < -0.4 is 5.32 Å². The number of amides is 1. The smallest absolute Gasteiger partial charge is 0.464 e. The van der Waals surface area contributed by atoms with E-state index < -0.39 is 18.1 Å². The van der Waals surface area contributed by atoms with Crippen molar-refractivity contribution < 1.29 is 27.5 Å². The fourth-order valence-electron chi connectivity index (χ4n) is 1.06. The minimum absolute atomic E-state index is 0.273. The Kier molecular flexibility index (Phi) is 3.39. The number of alkyl halides is 3. The Balaban J connectivity index is 3.01. The SMILES string of the molecule is COC(=O)c1c(NC(=O)C(F)(F)F)cnn1C. The first-order valence-electron chi connectivity index (χ1n) is 4.26. The number of aromatic nitrogens is 2. The van der Waals surface area contributed by atoms with E-state index in [1.165, 1.54) is 12.4 Å². The number of halogens is 3. The second-order valence-electron chi connectivity index (χ2n) is 2.97. The number of hydrogen-bond donors (Lipinski definition) is 1. The molecular formula is C8H8F3N3O3. The number of hydrogen-bond acceptors (Lipinski definition) is 4. The quantitative estimate of drug-likeness (QED) is 0.785. The summed E-state index contributed by atoms with van der Waals surface area (Å²) in [4.78, 5) is 21.9. The summed E-state index contributed by atoms with van der Waals surface area (Å²) in [7, 11) is 2.39. The van der Waals surface area contributed by atoms with E-state index in [9.17, 15) is 22.8 Å². The van der Waals surface area contributed by atoms with Crippen molar-refractivity contribution in [3.8, 4) is 0 Å². The summed E-state index contributed by atoms with van der Waals surface area (Å²) in [6.45, 7) is 0. The molecule has 1 amide bonds. The number of rotatable bonds is 2. The molecule has 17 heavy (non-hydrogen) atoms. The normalized spacial score (nSPS) is 11.1. The number of methoxy groups -OCH3 is 1. The number of nitrogens with zero attached hydrogens (tertiary/aromatic N) is 2. The van der Waals surface area contributed by atoms with Gasteiger partial charge in [-0.25, -0.2) is 4.79 Å². The van der Waals surface area contributed by atoms with E-state index in [2.05, 4.69) is 9.84 Å². The molecule has 9 heteroatoms. The molecule has 0 aliphatic rings. The monoisotopic (exact) mass is 251 g/mol. The van der Waals surface area contributed by atoms with Gasteiger partial charge in [0, 0.05) is 7.05 Å². The number of ether oxygens (including phenoxy) is 1. The molecule has 6 nitrogen and oxygen atoms in total. The van der Waals surface area contributed by atoms with Crippen molar-refractivity contribution >= 4 is 17.6 Å². The Morgan fingerprint density at radius 3 is 2.53 bits per heavy atom. The van der Waals surface area contributed by atoms with Crippen LogP contribution in [0.1, 0.15) is 10.5 Å². The number of aryl methyl sites for hydroxylation is 1. The number of anilines is 1. The van der Waals surface area contributed by atoms with Gasteiger partial charge in [-0.3, -0.25) is 9.48 Å². The molecule has 0 aliphatic heterocycles. The third-order valence-electron chi connectivity index (χ3n) is 1.82. The van der Waals surface area contributed by atoms with Crippen molar-refractivity contribution in [3.05, 3.63) is 11.9 Å². The minimum atomic E-state index is -5.04. The summed E-state index contributed by atoms with van der Waals surface area (Å²) >= 11 is 0. The molecule has 0 bridgehead atoms. The molecule has 1 rings (SSSR count). The zero-order valence-electron chi connectivity index (χ0n) is 8.83. The zero-order chi connectivity index (χ0) is 13.2. The van der Waals surface area contributed by atoms with Gasteiger partial charge in [0.05, 0.1) is 19.0 Å². The Morgan fingerprint density at radius 1 is 1.47 bits per heavy atom. The summed E-state index contributed by atoms with van der Waals surface area (Å²) in [5.41, 5.74) is -0.633. The highest BCUT2D eigenvalue weighted by molar-refractivity contribution is 6.01.